The van der Waals surface area contributed by atoms with Gasteiger partial charge in [0.2, 0.25) is 6.41 Å². The van der Waals surface area contributed by atoms with E-state index in [2.05, 4.69) is 29.0 Å². The SMILES string of the molecule is Cl.NCCOc1ccc(-c2ccccc2)c2[nH]ccc12.NNC=O. The molecule has 0 saturated carbocycles. The molecule has 7 heteroatoms. The van der Waals surface area contributed by atoms with Crippen molar-refractivity contribution in [2.45, 2.75) is 0 Å². The van der Waals surface area contributed by atoms with Gasteiger partial charge in [-0.25, -0.2) is 5.84 Å². The summed E-state index contributed by atoms with van der Waals surface area (Å²) >= 11 is 0. The zero-order valence-corrected chi connectivity index (χ0v) is 13.9. The standard InChI is InChI=1S/C16H16N2O.CH4N2O.ClH/c17-9-11-19-15-7-6-13(12-4-2-1-3-5-12)16-14(15)8-10-18-16;2-3-1-4;/h1-8,10,18H,9,11,17H2;1H,2H2,(H,3,4);1H. The van der Waals surface area contributed by atoms with E-state index in [-0.39, 0.29) is 12.4 Å². The molecule has 1 heterocycles. The third-order valence-electron chi connectivity index (χ3n) is 3.21. The number of benzene rings is 2. The fourth-order valence-corrected chi connectivity index (χ4v) is 2.28. The van der Waals surface area contributed by atoms with Gasteiger partial charge in [-0.3, -0.25) is 10.2 Å². The van der Waals surface area contributed by atoms with Crippen LogP contribution in [0.25, 0.3) is 22.0 Å². The molecule has 0 saturated heterocycles. The molecule has 6 N–H and O–H groups in total. The Kier molecular flexibility index (Phi) is 8.35. The minimum absolute atomic E-state index is 0. The number of nitrogens with one attached hydrogen (secondary N) is 2. The highest BCUT2D eigenvalue weighted by atomic mass is 35.5. The van der Waals surface area contributed by atoms with Gasteiger partial charge < -0.3 is 15.5 Å². The number of fused-ring (bicyclic) bond motifs is 1. The Morgan fingerprint density at radius 2 is 1.83 bits per heavy atom. The maximum absolute atomic E-state index is 8.94. The fourth-order valence-electron chi connectivity index (χ4n) is 2.28. The van der Waals surface area contributed by atoms with Crippen molar-refractivity contribution < 1.29 is 9.53 Å². The molecule has 0 fully saturated rings. The summed E-state index contributed by atoms with van der Waals surface area (Å²) in [5, 5.41) is 1.09. The maximum Gasteiger partial charge on any atom is 0.221 e. The van der Waals surface area contributed by atoms with Crippen LogP contribution in [0.1, 0.15) is 0 Å². The number of nitrogens with two attached hydrogens (primary N) is 2. The van der Waals surface area contributed by atoms with Crippen molar-refractivity contribution in [3.8, 4) is 16.9 Å². The minimum Gasteiger partial charge on any atom is -0.492 e. The van der Waals surface area contributed by atoms with E-state index in [1.807, 2.05) is 36.5 Å². The predicted molar refractivity (Wildman–Crippen MR) is 98.9 cm³/mol. The zero-order valence-electron chi connectivity index (χ0n) is 13.1. The van der Waals surface area contributed by atoms with E-state index >= 15 is 0 Å². The normalized spacial score (nSPS) is 9.42. The second-order valence-electron chi connectivity index (χ2n) is 4.67. The number of aromatic amines is 1. The molecule has 1 aromatic heterocycles. The number of carbonyl (C=O) groups excluding carboxylic acids is 1. The molecule has 2 aromatic carbocycles. The Bertz CT molecular complexity index is 747. The molecule has 24 heavy (non-hydrogen) atoms. The van der Waals surface area contributed by atoms with Crippen molar-refractivity contribution in [3.05, 3.63) is 54.7 Å². The first-order chi connectivity index (χ1) is 11.3. The number of rotatable bonds is 5. The largest absolute Gasteiger partial charge is 0.492 e. The number of H-pyrrole nitrogens is 1. The Hall–Kier alpha value is -2.54. The Labute approximate surface area is 146 Å². The third kappa shape index (κ3) is 4.73. The molecule has 0 bridgehead atoms. The molecule has 3 rings (SSSR count). The number of amides is 1. The monoisotopic (exact) mass is 348 g/mol. The summed E-state index contributed by atoms with van der Waals surface area (Å²) in [4.78, 5) is 12.2. The lowest BCUT2D eigenvalue weighted by molar-refractivity contribution is -0.109. The first-order valence-corrected chi connectivity index (χ1v) is 7.20. The van der Waals surface area contributed by atoms with Crippen molar-refractivity contribution >= 4 is 29.7 Å². The summed E-state index contributed by atoms with van der Waals surface area (Å²) in [7, 11) is 0. The molecule has 3 aromatic rings. The molecular weight excluding hydrogens is 328 g/mol. The number of ether oxygens (including phenoxy) is 1. The van der Waals surface area contributed by atoms with Crippen LogP contribution in [0.4, 0.5) is 0 Å². The van der Waals surface area contributed by atoms with E-state index in [1.165, 1.54) is 11.1 Å². The summed E-state index contributed by atoms with van der Waals surface area (Å²) in [6.45, 7) is 1.05. The predicted octanol–water partition coefficient (Wildman–Crippen LogP) is 2.20. The highest BCUT2D eigenvalue weighted by Crippen LogP contribution is 2.33. The number of halogens is 1. The summed E-state index contributed by atoms with van der Waals surface area (Å²) in [6.07, 6.45) is 2.34. The van der Waals surface area contributed by atoms with Crippen LogP contribution in [0.5, 0.6) is 5.75 Å². The first kappa shape index (κ1) is 19.5. The first-order valence-electron chi connectivity index (χ1n) is 7.20. The Balaban J connectivity index is 0.000000522. The van der Waals surface area contributed by atoms with Gasteiger partial charge in [-0.2, -0.15) is 0 Å². The topological polar surface area (TPSA) is 106 Å². The molecule has 0 unspecified atom stereocenters. The molecule has 0 aliphatic heterocycles. The van der Waals surface area contributed by atoms with Crippen molar-refractivity contribution in [1.29, 1.82) is 0 Å². The van der Waals surface area contributed by atoms with E-state index in [0.29, 0.717) is 19.6 Å². The molecular formula is C17H21ClN4O2. The number of aromatic nitrogens is 1. The summed E-state index contributed by atoms with van der Waals surface area (Å²) < 4.78 is 5.67. The molecule has 128 valence electrons. The van der Waals surface area contributed by atoms with Crippen LogP contribution in [0.15, 0.2) is 54.7 Å². The van der Waals surface area contributed by atoms with Crippen LogP contribution in [-0.4, -0.2) is 24.5 Å². The van der Waals surface area contributed by atoms with Crippen LogP contribution in [0, 0.1) is 0 Å². The number of carbonyl (C=O) groups is 1. The van der Waals surface area contributed by atoms with Crippen molar-refractivity contribution in [2.75, 3.05) is 13.2 Å². The van der Waals surface area contributed by atoms with E-state index in [4.69, 9.17) is 15.3 Å². The van der Waals surface area contributed by atoms with Crippen molar-refractivity contribution in [3.63, 3.8) is 0 Å². The lowest BCUT2D eigenvalue weighted by Gasteiger charge is -2.09. The quantitative estimate of drug-likeness (QED) is 0.245. The van der Waals surface area contributed by atoms with Gasteiger partial charge in [-0.05, 0) is 23.8 Å². The van der Waals surface area contributed by atoms with Gasteiger partial charge in [0, 0.05) is 23.7 Å². The van der Waals surface area contributed by atoms with Gasteiger partial charge in [-0.15, -0.1) is 12.4 Å². The molecule has 0 aliphatic rings. The number of hydrogen-bond donors (Lipinski definition) is 4. The van der Waals surface area contributed by atoms with E-state index in [1.54, 1.807) is 5.43 Å². The Morgan fingerprint density at radius 3 is 2.46 bits per heavy atom. The second kappa shape index (κ2) is 10.3. The van der Waals surface area contributed by atoms with Gasteiger partial charge >= 0.3 is 0 Å². The van der Waals surface area contributed by atoms with Gasteiger partial charge in [0.25, 0.3) is 0 Å². The highest BCUT2D eigenvalue weighted by molar-refractivity contribution is 5.97. The van der Waals surface area contributed by atoms with Crippen LogP contribution in [0.3, 0.4) is 0 Å². The lowest BCUT2D eigenvalue weighted by atomic mass is 10.0. The highest BCUT2D eigenvalue weighted by Gasteiger charge is 2.09. The zero-order chi connectivity index (χ0) is 16.5. The van der Waals surface area contributed by atoms with E-state index in [0.717, 1.165) is 16.7 Å². The van der Waals surface area contributed by atoms with Crippen LogP contribution in [-0.2, 0) is 4.79 Å². The van der Waals surface area contributed by atoms with Gasteiger partial charge in [0.1, 0.15) is 12.4 Å². The number of hydrazine groups is 1. The molecule has 0 atom stereocenters. The summed E-state index contributed by atoms with van der Waals surface area (Å²) in [5.41, 5.74) is 10.7. The van der Waals surface area contributed by atoms with Crippen LogP contribution >= 0.6 is 12.4 Å². The second-order valence-corrected chi connectivity index (χ2v) is 4.67. The van der Waals surface area contributed by atoms with Crippen LogP contribution < -0.4 is 21.7 Å². The van der Waals surface area contributed by atoms with Gasteiger partial charge in [-0.1, -0.05) is 30.3 Å². The van der Waals surface area contributed by atoms with Crippen LogP contribution in [0.2, 0.25) is 0 Å². The maximum atomic E-state index is 8.94. The smallest absolute Gasteiger partial charge is 0.221 e. The van der Waals surface area contributed by atoms with E-state index < -0.39 is 0 Å². The molecule has 0 radical (unpaired) electrons. The summed E-state index contributed by atoms with van der Waals surface area (Å²) in [6, 6.07) is 16.5. The van der Waals surface area contributed by atoms with E-state index in [9.17, 15) is 0 Å². The van der Waals surface area contributed by atoms with Crippen molar-refractivity contribution in [1.82, 2.24) is 10.4 Å². The fraction of sp³-hybridized carbons (Fsp3) is 0.118. The molecule has 6 nitrogen and oxygen atoms in total. The van der Waals surface area contributed by atoms with Crippen molar-refractivity contribution in [2.24, 2.45) is 11.6 Å². The Morgan fingerprint density at radius 1 is 1.12 bits per heavy atom. The van der Waals surface area contributed by atoms with Gasteiger partial charge in [0.15, 0.2) is 0 Å². The minimum atomic E-state index is 0. The summed E-state index contributed by atoms with van der Waals surface area (Å²) in [5.74, 6) is 5.29. The van der Waals surface area contributed by atoms with Gasteiger partial charge in [0.05, 0.1) is 5.52 Å². The molecule has 0 aliphatic carbocycles. The molecule has 1 amide bonds. The molecule has 0 spiro atoms. The lowest BCUT2D eigenvalue weighted by Crippen LogP contribution is -2.18. The average Bonchev–Trinajstić information content (AvgIpc) is 3.10. The third-order valence-corrected chi connectivity index (χ3v) is 3.21. The average molecular weight is 349 g/mol. The number of hydrogen-bond acceptors (Lipinski definition) is 4.